The lowest BCUT2D eigenvalue weighted by Crippen LogP contribution is -2.22. The van der Waals surface area contributed by atoms with Crippen molar-refractivity contribution in [3.8, 4) is 17.0 Å². The van der Waals surface area contributed by atoms with Crippen LogP contribution in [0.25, 0.3) is 22.2 Å². The van der Waals surface area contributed by atoms with E-state index in [2.05, 4.69) is 42.7 Å². The van der Waals surface area contributed by atoms with Crippen LogP contribution in [0.3, 0.4) is 0 Å². The molecule has 3 aromatic rings. The lowest BCUT2D eigenvalue weighted by molar-refractivity contribution is 0.0899. The summed E-state index contributed by atoms with van der Waals surface area (Å²) in [5.41, 5.74) is 3.88. The Balaban J connectivity index is 2.01. The highest BCUT2D eigenvalue weighted by molar-refractivity contribution is 6.76. The number of methoxy groups -OCH3 is 1. The van der Waals surface area contributed by atoms with Gasteiger partial charge < -0.3 is 14.0 Å². The lowest BCUT2D eigenvalue weighted by Gasteiger charge is -2.15. The molecule has 144 valence electrons. The second-order valence-electron chi connectivity index (χ2n) is 7.88. The van der Waals surface area contributed by atoms with Crippen LogP contribution in [-0.4, -0.2) is 36.3 Å². The third-order valence-corrected chi connectivity index (χ3v) is 6.42. The van der Waals surface area contributed by atoms with Gasteiger partial charge in [0.2, 0.25) is 5.88 Å². The number of aromatic nitrogens is 3. The zero-order chi connectivity index (χ0) is 19.6. The Morgan fingerprint density at radius 2 is 1.96 bits per heavy atom. The Kier molecular flexibility index (Phi) is 5.88. The average molecular weight is 404 g/mol. The van der Waals surface area contributed by atoms with Crippen molar-refractivity contribution >= 4 is 30.7 Å². The van der Waals surface area contributed by atoms with E-state index in [1.807, 2.05) is 22.8 Å². The molecule has 27 heavy (non-hydrogen) atoms. The maximum Gasteiger partial charge on any atom is 0.221 e. The quantitative estimate of drug-likeness (QED) is 0.302. The first-order valence-electron chi connectivity index (χ1n) is 9.03. The van der Waals surface area contributed by atoms with Crippen molar-refractivity contribution in [3.05, 3.63) is 41.3 Å². The number of ether oxygens (including phenoxy) is 2. The molecular formula is C20H26ClN3O2Si. The maximum atomic E-state index is 6.16. The van der Waals surface area contributed by atoms with Crippen molar-refractivity contribution in [2.45, 2.75) is 39.3 Å². The van der Waals surface area contributed by atoms with Crippen LogP contribution in [0.1, 0.15) is 5.56 Å². The molecular weight excluding hydrogens is 378 g/mol. The van der Waals surface area contributed by atoms with Crippen molar-refractivity contribution in [3.63, 3.8) is 0 Å². The van der Waals surface area contributed by atoms with Gasteiger partial charge in [-0.2, -0.15) is 0 Å². The van der Waals surface area contributed by atoms with Crippen molar-refractivity contribution < 1.29 is 9.47 Å². The van der Waals surface area contributed by atoms with Crippen LogP contribution in [0.5, 0.6) is 5.88 Å². The largest absolute Gasteiger partial charge is 0.481 e. The Morgan fingerprint density at radius 1 is 1.19 bits per heavy atom. The van der Waals surface area contributed by atoms with E-state index in [0.717, 1.165) is 40.4 Å². The predicted octanol–water partition coefficient (Wildman–Crippen LogP) is 5.38. The molecule has 0 unspecified atom stereocenters. The maximum absolute atomic E-state index is 6.16. The van der Waals surface area contributed by atoms with Crippen LogP contribution >= 0.6 is 11.6 Å². The Labute approximate surface area is 166 Å². The van der Waals surface area contributed by atoms with Crippen LogP contribution in [0.2, 0.25) is 30.8 Å². The molecule has 0 bridgehead atoms. The minimum absolute atomic E-state index is 0.440. The van der Waals surface area contributed by atoms with Crippen LogP contribution in [0.15, 0.2) is 30.6 Å². The molecule has 0 fully saturated rings. The fourth-order valence-electron chi connectivity index (χ4n) is 3.00. The summed E-state index contributed by atoms with van der Waals surface area (Å²) in [6.07, 6.45) is 3.81. The molecule has 3 heterocycles. The van der Waals surface area contributed by atoms with Gasteiger partial charge in [-0.15, -0.1) is 0 Å². The van der Waals surface area contributed by atoms with Crippen molar-refractivity contribution in [2.75, 3.05) is 13.7 Å². The average Bonchev–Trinajstić information content (AvgIpc) is 2.95. The Hall–Kier alpha value is -1.89. The zero-order valence-corrected chi connectivity index (χ0v) is 18.3. The SMILES string of the molecule is COc1nccc(C)c1-c1cn(COCC[Si](C)(C)C)c2nc(Cl)ccc12. The van der Waals surface area contributed by atoms with E-state index in [0.29, 0.717) is 17.8 Å². The molecule has 0 aromatic carbocycles. The lowest BCUT2D eigenvalue weighted by atomic mass is 10.0. The molecule has 3 rings (SSSR count). The molecule has 0 saturated heterocycles. The summed E-state index contributed by atoms with van der Waals surface area (Å²) in [5, 5.41) is 1.47. The smallest absolute Gasteiger partial charge is 0.221 e. The number of hydrogen-bond donors (Lipinski definition) is 0. The van der Waals surface area contributed by atoms with E-state index >= 15 is 0 Å². The van der Waals surface area contributed by atoms with Crippen LogP contribution in [-0.2, 0) is 11.5 Å². The molecule has 0 spiro atoms. The molecule has 0 aliphatic carbocycles. The molecule has 7 heteroatoms. The predicted molar refractivity (Wildman–Crippen MR) is 113 cm³/mol. The topological polar surface area (TPSA) is 49.2 Å². The summed E-state index contributed by atoms with van der Waals surface area (Å²) in [7, 11) is 0.517. The molecule has 0 radical (unpaired) electrons. The second kappa shape index (κ2) is 8.00. The van der Waals surface area contributed by atoms with Gasteiger partial charge in [-0.1, -0.05) is 31.2 Å². The van der Waals surface area contributed by atoms with Crippen molar-refractivity contribution in [1.29, 1.82) is 0 Å². The molecule has 0 amide bonds. The minimum atomic E-state index is -1.12. The Bertz CT molecular complexity index is 950. The van der Waals surface area contributed by atoms with E-state index in [1.165, 1.54) is 0 Å². The van der Waals surface area contributed by atoms with Crippen molar-refractivity contribution in [2.24, 2.45) is 0 Å². The van der Waals surface area contributed by atoms with Crippen molar-refractivity contribution in [1.82, 2.24) is 14.5 Å². The number of nitrogens with zero attached hydrogens (tertiary/aromatic N) is 3. The van der Waals surface area contributed by atoms with Gasteiger partial charge in [-0.05, 0) is 36.7 Å². The van der Waals surface area contributed by atoms with E-state index in [1.54, 1.807) is 13.3 Å². The summed E-state index contributed by atoms with van der Waals surface area (Å²) in [6, 6.07) is 6.91. The third kappa shape index (κ3) is 4.51. The summed E-state index contributed by atoms with van der Waals surface area (Å²) in [4.78, 5) is 8.90. The number of aryl methyl sites for hydroxylation is 1. The second-order valence-corrected chi connectivity index (χ2v) is 13.9. The summed E-state index contributed by atoms with van der Waals surface area (Å²) in [6.45, 7) is 10.3. The van der Waals surface area contributed by atoms with E-state index in [-0.39, 0.29) is 0 Å². The van der Waals surface area contributed by atoms with Crippen LogP contribution < -0.4 is 4.74 Å². The summed E-state index contributed by atoms with van der Waals surface area (Å²) in [5.74, 6) is 0.601. The third-order valence-electron chi connectivity index (χ3n) is 4.50. The van der Waals surface area contributed by atoms with E-state index < -0.39 is 8.07 Å². The van der Waals surface area contributed by atoms with Gasteiger partial charge in [0.05, 0.1) is 7.11 Å². The highest BCUT2D eigenvalue weighted by Gasteiger charge is 2.18. The fourth-order valence-corrected chi connectivity index (χ4v) is 3.90. The monoisotopic (exact) mass is 403 g/mol. The van der Waals surface area contributed by atoms with Gasteiger partial charge in [0.15, 0.2) is 0 Å². The minimum Gasteiger partial charge on any atom is -0.481 e. The van der Waals surface area contributed by atoms with Gasteiger partial charge in [0.1, 0.15) is 17.5 Å². The van der Waals surface area contributed by atoms with Gasteiger partial charge >= 0.3 is 0 Å². The first-order valence-corrected chi connectivity index (χ1v) is 13.1. The first-order chi connectivity index (χ1) is 12.8. The number of halogens is 1. The standard InChI is InChI=1S/C20H26ClN3O2Si/c1-14-8-9-22-20(25-2)18(14)16-12-24(13-26-10-11-27(3,4)5)19-15(16)6-7-17(21)23-19/h6-9,12H,10-11,13H2,1-5H3. The molecule has 0 aliphatic heterocycles. The number of pyridine rings is 2. The summed E-state index contributed by atoms with van der Waals surface area (Å²) >= 11 is 6.16. The van der Waals surface area contributed by atoms with E-state index in [9.17, 15) is 0 Å². The fraction of sp³-hybridized carbons (Fsp3) is 0.400. The molecule has 3 aromatic heterocycles. The highest BCUT2D eigenvalue weighted by atomic mass is 35.5. The van der Waals surface area contributed by atoms with Gasteiger partial charge in [0.25, 0.3) is 0 Å². The molecule has 0 atom stereocenters. The van der Waals surface area contributed by atoms with Crippen LogP contribution in [0.4, 0.5) is 0 Å². The first kappa shape index (κ1) is 19.9. The zero-order valence-electron chi connectivity index (χ0n) is 16.5. The number of rotatable bonds is 7. The molecule has 5 nitrogen and oxygen atoms in total. The number of fused-ring (bicyclic) bond motifs is 1. The molecule has 0 saturated carbocycles. The number of hydrogen-bond acceptors (Lipinski definition) is 4. The molecule has 0 aliphatic rings. The van der Waals surface area contributed by atoms with E-state index in [4.69, 9.17) is 21.1 Å². The molecule has 0 N–H and O–H groups in total. The Morgan fingerprint density at radius 3 is 2.67 bits per heavy atom. The van der Waals surface area contributed by atoms with Gasteiger partial charge in [-0.25, -0.2) is 9.97 Å². The van der Waals surface area contributed by atoms with Gasteiger partial charge in [0, 0.05) is 43.6 Å². The highest BCUT2D eigenvalue weighted by Crippen LogP contribution is 2.37. The van der Waals surface area contributed by atoms with Crippen LogP contribution in [0, 0.1) is 6.92 Å². The summed E-state index contributed by atoms with van der Waals surface area (Å²) < 4.78 is 13.5. The normalized spacial score (nSPS) is 11.9. The van der Waals surface area contributed by atoms with Gasteiger partial charge in [-0.3, -0.25) is 0 Å².